The van der Waals surface area contributed by atoms with E-state index < -0.39 is 0 Å². The van der Waals surface area contributed by atoms with E-state index in [0.29, 0.717) is 0 Å². The van der Waals surface area contributed by atoms with E-state index in [4.69, 9.17) is 0 Å². The van der Waals surface area contributed by atoms with Gasteiger partial charge in [-0.15, -0.1) is 0 Å². The molecule has 0 bridgehead atoms. The lowest BCUT2D eigenvalue weighted by Gasteiger charge is -2.27. The van der Waals surface area contributed by atoms with E-state index in [1.165, 1.54) is 177 Å². The van der Waals surface area contributed by atoms with Crippen LogP contribution in [0.25, 0.3) is 0 Å². The zero-order valence-electron chi connectivity index (χ0n) is 27.5. The second-order valence-corrected chi connectivity index (χ2v) is 12.6. The number of anilines is 2. The van der Waals surface area contributed by atoms with Crippen LogP contribution < -0.4 is 4.90 Å². The summed E-state index contributed by atoms with van der Waals surface area (Å²) in [6, 6.07) is 20.3. The second-order valence-electron chi connectivity index (χ2n) is 12.6. The minimum Gasteiger partial charge on any atom is -0.341 e. The summed E-state index contributed by atoms with van der Waals surface area (Å²) in [5.74, 6) is 0. The molecule has 0 aromatic heterocycles. The molecule has 0 atom stereocenters. The van der Waals surface area contributed by atoms with E-state index in [2.05, 4.69) is 73.3 Å². The highest BCUT2D eigenvalue weighted by Crippen LogP contribution is 2.30. The summed E-state index contributed by atoms with van der Waals surface area (Å²) in [4.78, 5) is 2.60. The molecule has 0 amide bonds. The summed E-state index contributed by atoms with van der Waals surface area (Å²) in [7, 11) is 0. The third kappa shape index (κ3) is 17.7. The number of hydrogen-bond donors (Lipinski definition) is 0. The Hall–Kier alpha value is -1.76. The van der Waals surface area contributed by atoms with E-state index in [9.17, 15) is 0 Å². The Morgan fingerprint density at radius 1 is 0.390 bits per heavy atom. The van der Waals surface area contributed by atoms with Gasteiger partial charge in [-0.1, -0.05) is 192 Å². The van der Waals surface area contributed by atoms with Crippen molar-refractivity contribution in [3.05, 3.63) is 60.2 Å². The highest BCUT2D eigenvalue weighted by Gasteiger charge is 2.13. The molecule has 2 aromatic carbocycles. The summed E-state index contributed by atoms with van der Waals surface area (Å²) in [6.07, 6.45) is 35.0. The minimum absolute atomic E-state index is 1.12. The Labute approximate surface area is 256 Å². The van der Waals surface area contributed by atoms with Gasteiger partial charge in [-0.25, -0.2) is 0 Å². The van der Waals surface area contributed by atoms with Crippen LogP contribution in [-0.2, 0) is 6.42 Å². The summed E-state index contributed by atoms with van der Waals surface area (Å²) in [6.45, 7) is 5.73. The molecule has 232 valence electrons. The maximum absolute atomic E-state index is 2.60. The van der Waals surface area contributed by atoms with Crippen LogP contribution in [0.4, 0.5) is 11.4 Å². The Morgan fingerprint density at radius 2 is 0.780 bits per heavy atom. The van der Waals surface area contributed by atoms with Crippen molar-refractivity contribution < 1.29 is 0 Å². The summed E-state index contributed by atoms with van der Waals surface area (Å²) in [5.41, 5.74) is 4.31. The first-order valence-corrected chi connectivity index (χ1v) is 18.3. The predicted octanol–water partition coefficient (Wildman–Crippen LogP) is 13.8. The first-order chi connectivity index (χ1) is 20.4. The number of para-hydroxylation sites is 2. The normalized spacial score (nSPS) is 11.3. The molecular weight excluding hydrogens is 494 g/mol. The van der Waals surface area contributed by atoms with Gasteiger partial charge in [0.25, 0.3) is 0 Å². The molecule has 0 aliphatic rings. The zero-order valence-corrected chi connectivity index (χ0v) is 27.5. The fourth-order valence-corrected chi connectivity index (χ4v) is 6.25. The molecule has 0 N–H and O–H groups in total. The van der Waals surface area contributed by atoms with Gasteiger partial charge < -0.3 is 4.90 Å². The van der Waals surface area contributed by atoms with Crippen molar-refractivity contribution in [2.24, 2.45) is 0 Å². The molecule has 0 aliphatic carbocycles. The number of aryl methyl sites for hydroxylation is 1. The molecule has 1 nitrogen and oxygen atoms in total. The van der Waals surface area contributed by atoms with Crippen molar-refractivity contribution in [3.8, 4) is 0 Å². The van der Waals surface area contributed by atoms with Gasteiger partial charge in [-0.2, -0.15) is 0 Å². The Morgan fingerprint density at radius 3 is 1.27 bits per heavy atom. The summed E-state index contributed by atoms with van der Waals surface area (Å²) >= 11 is 0. The molecule has 0 radical (unpaired) electrons. The maximum Gasteiger partial charge on any atom is 0.0443 e. The number of rotatable bonds is 28. The van der Waals surface area contributed by atoms with Gasteiger partial charge in [0.1, 0.15) is 0 Å². The van der Waals surface area contributed by atoms with E-state index >= 15 is 0 Å². The van der Waals surface area contributed by atoms with Crippen LogP contribution in [0, 0.1) is 0 Å². The van der Waals surface area contributed by atoms with Gasteiger partial charge in [0.15, 0.2) is 0 Å². The molecule has 0 saturated heterocycles. The highest BCUT2D eigenvalue weighted by atomic mass is 15.1. The Bertz CT molecular complexity index is 813. The number of unbranched alkanes of at least 4 members (excludes halogenated alkanes) is 22. The van der Waals surface area contributed by atoms with Gasteiger partial charge in [-0.3, -0.25) is 0 Å². The van der Waals surface area contributed by atoms with Gasteiger partial charge >= 0.3 is 0 Å². The van der Waals surface area contributed by atoms with E-state index in [-0.39, 0.29) is 0 Å². The number of nitrogens with zero attached hydrogens (tertiary/aromatic N) is 1. The van der Waals surface area contributed by atoms with Crippen LogP contribution in [0.2, 0.25) is 0 Å². The van der Waals surface area contributed by atoms with Crippen molar-refractivity contribution in [2.45, 2.75) is 174 Å². The second kappa shape index (κ2) is 25.9. The Balaban J connectivity index is 1.69. The average Bonchev–Trinajstić information content (AvgIpc) is 3.01. The summed E-state index contributed by atoms with van der Waals surface area (Å²) in [5, 5.41) is 0. The van der Waals surface area contributed by atoms with Gasteiger partial charge in [0.2, 0.25) is 0 Å². The van der Waals surface area contributed by atoms with Crippen molar-refractivity contribution in [2.75, 3.05) is 11.4 Å². The lowest BCUT2D eigenvalue weighted by atomic mass is 10.0. The van der Waals surface area contributed by atoms with Gasteiger partial charge in [0, 0.05) is 17.9 Å². The molecule has 0 heterocycles. The zero-order chi connectivity index (χ0) is 29.1. The van der Waals surface area contributed by atoms with Crippen LogP contribution in [0.1, 0.15) is 174 Å². The molecule has 0 unspecified atom stereocenters. The van der Waals surface area contributed by atoms with Crippen LogP contribution in [0.15, 0.2) is 54.6 Å². The van der Waals surface area contributed by atoms with Crippen LogP contribution in [0.3, 0.4) is 0 Å². The molecule has 2 rings (SSSR count). The minimum atomic E-state index is 1.12. The van der Waals surface area contributed by atoms with Crippen LogP contribution >= 0.6 is 0 Å². The molecule has 0 saturated carbocycles. The molecule has 0 spiro atoms. The van der Waals surface area contributed by atoms with Gasteiger partial charge in [-0.05, 0) is 43.0 Å². The largest absolute Gasteiger partial charge is 0.341 e. The number of benzene rings is 2. The van der Waals surface area contributed by atoms with E-state index in [1.54, 1.807) is 0 Å². The Kier molecular flexibility index (Phi) is 22.4. The SMILES string of the molecule is CCCCCCCCCCCCCCc1ccccc1N(CCCCCCCCCCCCCC)c1ccccc1. The lowest BCUT2D eigenvalue weighted by molar-refractivity contribution is 0.543. The fraction of sp³-hybridized carbons (Fsp3) is 0.700. The monoisotopic (exact) mass is 562 g/mol. The van der Waals surface area contributed by atoms with Gasteiger partial charge in [0.05, 0.1) is 0 Å². The third-order valence-corrected chi connectivity index (χ3v) is 8.89. The molecule has 0 fully saturated rings. The first-order valence-electron chi connectivity index (χ1n) is 18.3. The quantitative estimate of drug-likeness (QED) is 0.0934. The van der Waals surface area contributed by atoms with E-state index in [0.717, 1.165) is 6.54 Å². The van der Waals surface area contributed by atoms with E-state index in [1.807, 2.05) is 0 Å². The molecular formula is C40H67N. The number of hydrogen-bond acceptors (Lipinski definition) is 1. The van der Waals surface area contributed by atoms with Crippen LogP contribution in [0.5, 0.6) is 0 Å². The molecule has 2 aromatic rings. The predicted molar refractivity (Wildman–Crippen MR) is 186 cm³/mol. The average molecular weight is 562 g/mol. The topological polar surface area (TPSA) is 3.24 Å². The lowest BCUT2D eigenvalue weighted by Crippen LogP contribution is -2.20. The maximum atomic E-state index is 2.60. The summed E-state index contributed by atoms with van der Waals surface area (Å²) < 4.78 is 0. The third-order valence-electron chi connectivity index (χ3n) is 8.89. The molecule has 41 heavy (non-hydrogen) atoms. The van der Waals surface area contributed by atoms with Crippen molar-refractivity contribution in [3.63, 3.8) is 0 Å². The first kappa shape index (κ1) is 35.4. The smallest absolute Gasteiger partial charge is 0.0443 e. The van der Waals surface area contributed by atoms with Crippen molar-refractivity contribution in [1.82, 2.24) is 0 Å². The molecule has 1 heteroatoms. The fourth-order valence-electron chi connectivity index (χ4n) is 6.25. The molecule has 0 aliphatic heterocycles. The van der Waals surface area contributed by atoms with Crippen molar-refractivity contribution in [1.29, 1.82) is 0 Å². The van der Waals surface area contributed by atoms with Crippen molar-refractivity contribution >= 4 is 11.4 Å². The highest BCUT2D eigenvalue weighted by molar-refractivity contribution is 5.66. The standard InChI is InChI=1S/C40H67N/c1-3-5-7-9-11-13-15-17-19-21-23-26-32-38-33-29-30-36-40(38)41(39-34-27-25-28-35-39)37-31-24-22-20-18-16-14-12-10-8-6-4-2/h25,27-30,33-36H,3-24,26,31-32,37H2,1-2H3. The van der Waals surface area contributed by atoms with Crippen LogP contribution in [-0.4, -0.2) is 6.54 Å².